The Kier molecular flexibility index (Phi) is 5.31. The second-order valence-corrected chi connectivity index (χ2v) is 8.17. The first-order chi connectivity index (χ1) is 16.0. The first kappa shape index (κ1) is 20.8. The number of carbonyl (C=O) groups excluding carboxylic acids is 1. The van der Waals surface area contributed by atoms with Crippen molar-refractivity contribution in [2.75, 3.05) is 5.32 Å². The van der Waals surface area contributed by atoms with Gasteiger partial charge >= 0.3 is 0 Å². The van der Waals surface area contributed by atoms with Gasteiger partial charge < -0.3 is 14.2 Å². The molecule has 0 aliphatic heterocycles. The molecule has 5 nitrogen and oxygen atoms in total. The van der Waals surface area contributed by atoms with Crippen molar-refractivity contribution in [2.45, 2.75) is 27.2 Å². The SMILES string of the molecule is CCc1ccc2oc(-c3cccc(NC(=O)c4ccc(-c5ccc(C)c(C)c5)o4)c3)nc2c1. The number of nitrogens with one attached hydrogen (secondary N) is 1. The molecule has 5 heteroatoms. The summed E-state index contributed by atoms with van der Waals surface area (Å²) >= 11 is 0. The average molecular weight is 437 g/mol. The molecule has 0 fully saturated rings. The van der Waals surface area contributed by atoms with E-state index < -0.39 is 0 Å². The lowest BCUT2D eigenvalue weighted by Gasteiger charge is -2.05. The van der Waals surface area contributed by atoms with Gasteiger partial charge in [-0.15, -0.1) is 0 Å². The molecule has 2 aromatic heterocycles. The van der Waals surface area contributed by atoms with Gasteiger partial charge in [0, 0.05) is 16.8 Å². The summed E-state index contributed by atoms with van der Waals surface area (Å²) in [7, 11) is 0. The van der Waals surface area contributed by atoms with Crippen molar-refractivity contribution in [3.63, 3.8) is 0 Å². The molecule has 0 bridgehead atoms. The van der Waals surface area contributed by atoms with E-state index >= 15 is 0 Å². The third-order valence-electron chi connectivity index (χ3n) is 5.85. The van der Waals surface area contributed by atoms with E-state index in [1.54, 1.807) is 6.07 Å². The van der Waals surface area contributed by atoms with Crippen LogP contribution >= 0.6 is 0 Å². The van der Waals surface area contributed by atoms with Crippen LogP contribution in [0.4, 0.5) is 5.69 Å². The molecule has 33 heavy (non-hydrogen) atoms. The van der Waals surface area contributed by atoms with Gasteiger partial charge in [0.1, 0.15) is 11.3 Å². The van der Waals surface area contributed by atoms with Gasteiger partial charge in [-0.3, -0.25) is 4.79 Å². The molecule has 0 aliphatic rings. The lowest BCUT2D eigenvalue weighted by molar-refractivity contribution is 0.0997. The molecule has 1 amide bonds. The van der Waals surface area contributed by atoms with Gasteiger partial charge in [0.2, 0.25) is 5.89 Å². The van der Waals surface area contributed by atoms with Crippen molar-refractivity contribution in [1.82, 2.24) is 4.98 Å². The monoisotopic (exact) mass is 436 g/mol. The number of carbonyl (C=O) groups is 1. The second kappa shape index (κ2) is 8.43. The number of oxazole rings is 1. The lowest BCUT2D eigenvalue weighted by Crippen LogP contribution is -2.10. The molecule has 0 radical (unpaired) electrons. The fraction of sp³-hybridized carbons (Fsp3) is 0.143. The number of rotatable bonds is 5. The summed E-state index contributed by atoms with van der Waals surface area (Å²) in [6, 6.07) is 23.1. The van der Waals surface area contributed by atoms with Crippen LogP contribution < -0.4 is 5.32 Å². The van der Waals surface area contributed by atoms with E-state index in [1.165, 1.54) is 16.7 Å². The Hall–Kier alpha value is -4.12. The second-order valence-electron chi connectivity index (χ2n) is 8.17. The zero-order chi connectivity index (χ0) is 22.9. The Morgan fingerprint density at radius 3 is 2.58 bits per heavy atom. The number of furan rings is 1. The van der Waals surface area contributed by atoms with E-state index in [1.807, 2.05) is 60.7 Å². The number of benzene rings is 3. The van der Waals surface area contributed by atoms with E-state index in [-0.39, 0.29) is 11.7 Å². The van der Waals surface area contributed by atoms with E-state index in [2.05, 4.69) is 37.1 Å². The highest BCUT2D eigenvalue weighted by Crippen LogP contribution is 2.28. The van der Waals surface area contributed by atoms with Crippen molar-refractivity contribution < 1.29 is 13.6 Å². The Bertz CT molecular complexity index is 1480. The molecule has 3 aromatic carbocycles. The number of nitrogens with zero attached hydrogens (tertiary/aromatic N) is 1. The van der Waals surface area contributed by atoms with E-state index in [9.17, 15) is 4.79 Å². The molecule has 0 atom stereocenters. The van der Waals surface area contributed by atoms with Crippen LogP contribution in [0.25, 0.3) is 33.9 Å². The van der Waals surface area contributed by atoms with Gasteiger partial charge in [0.15, 0.2) is 11.3 Å². The number of aromatic nitrogens is 1. The molecule has 0 aliphatic carbocycles. The highest BCUT2D eigenvalue weighted by atomic mass is 16.4. The van der Waals surface area contributed by atoms with Gasteiger partial charge in [0.05, 0.1) is 0 Å². The zero-order valence-electron chi connectivity index (χ0n) is 18.8. The minimum Gasteiger partial charge on any atom is -0.451 e. The minimum atomic E-state index is -0.313. The maximum Gasteiger partial charge on any atom is 0.291 e. The maximum atomic E-state index is 12.8. The first-order valence-electron chi connectivity index (χ1n) is 11.0. The van der Waals surface area contributed by atoms with Crippen LogP contribution in [0, 0.1) is 13.8 Å². The topological polar surface area (TPSA) is 68.3 Å². The molecule has 164 valence electrons. The molecule has 2 heterocycles. The summed E-state index contributed by atoms with van der Waals surface area (Å²) in [5, 5.41) is 2.90. The molecule has 0 spiro atoms. The predicted octanol–water partition coefficient (Wildman–Crippen LogP) is 7.19. The number of fused-ring (bicyclic) bond motifs is 1. The predicted molar refractivity (Wildman–Crippen MR) is 130 cm³/mol. The third-order valence-corrected chi connectivity index (χ3v) is 5.85. The first-order valence-corrected chi connectivity index (χ1v) is 11.0. The molecule has 0 saturated heterocycles. The number of hydrogen-bond donors (Lipinski definition) is 1. The van der Waals surface area contributed by atoms with Crippen LogP contribution in [0.2, 0.25) is 0 Å². The maximum absolute atomic E-state index is 12.8. The van der Waals surface area contributed by atoms with Gasteiger partial charge in [0.25, 0.3) is 5.91 Å². The van der Waals surface area contributed by atoms with Gasteiger partial charge in [-0.1, -0.05) is 31.2 Å². The standard InChI is InChI=1S/C28H24N2O3/c1-4-19-9-11-25-23(15-19)30-28(33-25)21-6-5-7-22(16-21)29-27(31)26-13-12-24(32-26)20-10-8-17(2)18(3)14-20/h5-16H,4H2,1-3H3,(H,29,31). The average Bonchev–Trinajstić information content (AvgIpc) is 3.48. The van der Waals surface area contributed by atoms with E-state index in [0.29, 0.717) is 17.3 Å². The van der Waals surface area contributed by atoms with Crippen molar-refractivity contribution in [3.8, 4) is 22.8 Å². The summed E-state index contributed by atoms with van der Waals surface area (Å²) in [6.07, 6.45) is 0.942. The third kappa shape index (κ3) is 4.17. The highest BCUT2D eigenvalue weighted by Gasteiger charge is 2.15. The van der Waals surface area contributed by atoms with Crippen molar-refractivity contribution in [3.05, 3.63) is 95.2 Å². The Morgan fingerprint density at radius 1 is 0.879 bits per heavy atom. The summed E-state index contributed by atoms with van der Waals surface area (Å²) in [4.78, 5) is 17.4. The van der Waals surface area contributed by atoms with Crippen LogP contribution in [0.5, 0.6) is 0 Å². The number of anilines is 1. The van der Waals surface area contributed by atoms with Crippen molar-refractivity contribution in [1.29, 1.82) is 0 Å². The smallest absolute Gasteiger partial charge is 0.291 e. The number of aryl methyl sites for hydroxylation is 3. The Balaban J connectivity index is 1.36. The molecule has 5 rings (SSSR count). The summed E-state index contributed by atoms with van der Waals surface area (Å²) < 4.78 is 11.8. The van der Waals surface area contributed by atoms with Crippen molar-refractivity contribution in [2.24, 2.45) is 0 Å². The van der Waals surface area contributed by atoms with Gasteiger partial charge in [-0.2, -0.15) is 0 Å². The van der Waals surface area contributed by atoms with Crippen LogP contribution in [0.3, 0.4) is 0 Å². The summed E-state index contributed by atoms with van der Waals surface area (Å²) in [6.45, 7) is 6.23. The Morgan fingerprint density at radius 2 is 1.76 bits per heavy atom. The molecule has 0 unspecified atom stereocenters. The number of amides is 1. The summed E-state index contributed by atoms with van der Waals surface area (Å²) in [5.41, 5.74) is 7.54. The van der Waals surface area contributed by atoms with E-state index in [4.69, 9.17) is 8.83 Å². The molecule has 0 saturated carbocycles. The Labute approximate surface area is 192 Å². The van der Waals surface area contributed by atoms with Crippen LogP contribution in [-0.4, -0.2) is 10.9 Å². The fourth-order valence-corrected chi connectivity index (χ4v) is 3.75. The number of hydrogen-bond acceptors (Lipinski definition) is 4. The highest BCUT2D eigenvalue weighted by molar-refractivity contribution is 6.02. The van der Waals surface area contributed by atoms with Crippen molar-refractivity contribution >= 4 is 22.7 Å². The molecular weight excluding hydrogens is 412 g/mol. The minimum absolute atomic E-state index is 0.252. The molecule has 5 aromatic rings. The van der Waals surface area contributed by atoms with Crippen LogP contribution in [0.1, 0.15) is 34.2 Å². The van der Waals surface area contributed by atoms with Gasteiger partial charge in [-0.05, 0) is 85.5 Å². The van der Waals surface area contributed by atoms with Crippen LogP contribution in [-0.2, 0) is 6.42 Å². The normalized spacial score (nSPS) is 11.1. The zero-order valence-corrected chi connectivity index (χ0v) is 18.8. The fourth-order valence-electron chi connectivity index (χ4n) is 3.75. The molecular formula is C28H24N2O3. The lowest BCUT2D eigenvalue weighted by atomic mass is 10.1. The van der Waals surface area contributed by atoms with E-state index in [0.717, 1.165) is 28.6 Å². The summed E-state index contributed by atoms with van der Waals surface area (Å²) in [5.74, 6) is 1.12. The molecule has 1 N–H and O–H groups in total. The largest absolute Gasteiger partial charge is 0.451 e. The quantitative estimate of drug-likeness (QED) is 0.317. The van der Waals surface area contributed by atoms with Crippen LogP contribution in [0.15, 0.2) is 81.6 Å². The van der Waals surface area contributed by atoms with Gasteiger partial charge in [-0.25, -0.2) is 4.98 Å².